The van der Waals surface area contributed by atoms with Gasteiger partial charge in [-0.1, -0.05) is 115 Å². The molecule has 0 N–H and O–H groups in total. The van der Waals surface area contributed by atoms with Gasteiger partial charge in [-0.15, -0.1) is 0 Å². The van der Waals surface area contributed by atoms with Crippen molar-refractivity contribution >= 4 is 76.2 Å². The summed E-state index contributed by atoms with van der Waals surface area (Å²) in [6.07, 6.45) is 0. The molecule has 0 bridgehead atoms. The monoisotopic (exact) mass is 560 g/mol. The Kier molecular flexibility index (Phi) is 4.75. The Hall–Kier alpha value is -5.86. The highest BCUT2D eigenvalue weighted by molar-refractivity contribution is 6.26. The minimum atomic E-state index is 0.888. The first-order chi connectivity index (χ1) is 21.8. The third-order valence-electron chi connectivity index (χ3n) is 9.27. The van der Waals surface area contributed by atoms with Crippen molar-refractivity contribution in [2.75, 3.05) is 0 Å². The predicted octanol–water partition coefficient (Wildman–Crippen LogP) is 12.3. The number of rotatable bonds is 2. The summed E-state index contributed by atoms with van der Waals surface area (Å²) in [5.74, 6) is 0. The van der Waals surface area contributed by atoms with E-state index in [0.717, 1.165) is 66.1 Å². The molecule has 0 saturated carbocycles. The summed E-state index contributed by atoms with van der Waals surface area (Å²) >= 11 is 0. The van der Waals surface area contributed by atoms with E-state index < -0.39 is 0 Å². The Morgan fingerprint density at radius 1 is 0.295 bits per heavy atom. The molecule has 0 fully saturated rings. The second kappa shape index (κ2) is 8.82. The van der Waals surface area contributed by atoms with E-state index in [1.54, 1.807) is 0 Å². The maximum absolute atomic E-state index is 6.69. The lowest BCUT2D eigenvalue weighted by atomic mass is 9.91. The zero-order valence-corrected chi connectivity index (χ0v) is 23.7. The highest BCUT2D eigenvalue weighted by atomic mass is 16.3. The fourth-order valence-corrected chi connectivity index (χ4v) is 7.28. The molecule has 0 aliphatic heterocycles. The van der Waals surface area contributed by atoms with Crippen molar-refractivity contribution in [3.8, 4) is 22.3 Å². The molecule has 0 atom stereocenters. The Morgan fingerprint density at radius 2 is 0.818 bits per heavy atom. The van der Waals surface area contributed by atoms with Gasteiger partial charge in [-0.25, -0.2) is 0 Å². The van der Waals surface area contributed by atoms with Crippen LogP contribution in [0.2, 0.25) is 0 Å². The van der Waals surface area contributed by atoms with Gasteiger partial charge in [0.1, 0.15) is 22.3 Å². The summed E-state index contributed by atoms with van der Waals surface area (Å²) in [6, 6.07) is 51.9. The lowest BCUT2D eigenvalue weighted by Gasteiger charge is -2.12. The summed E-state index contributed by atoms with van der Waals surface area (Å²) in [7, 11) is 0. The van der Waals surface area contributed by atoms with Gasteiger partial charge in [-0.05, 0) is 79.3 Å². The molecule has 0 amide bonds. The lowest BCUT2D eigenvalue weighted by molar-refractivity contribution is 0.669. The van der Waals surface area contributed by atoms with E-state index in [4.69, 9.17) is 8.83 Å². The van der Waals surface area contributed by atoms with Gasteiger partial charge in [0.15, 0.2) is 0 Å². The van der Waals surface area contributed by atoms with Crippen LogP contribution in [0.25, 0.3) is 98.4 Å². The molecule has 2 heterocycles. The maximum Gasteiger partial charge on any atom is 0.143 e. The molecule has 2 aromatic heterocycles. The van der Waals surface area contributed by atoms with Crippen LogP contribution in [0, 0.1) is 0 Å². The van der Waals surface area contributed by atoms with E-state index in [1.807, 2.05) is 12.1 Å². The van der Waals surface area contributed by atoms with Crippen LogP contribution >= 0.6 is 0 Å². The van der Waals surface area contributed by atoms with E-state index in [0.29, 0.717) is 0 Å². The summed E-state index contributed by atoms with van der Waals surface area (Å²) in [5.41, 5.74) is 8.16. The number of benzene rings is 8. The van der Waals surface area contributed by atoms with Gasteiger partial charge in [0, 0.05) is 27.1 Å². The molecular formula is C42H24O2. The highest BCUT2D eigenvalue weighted by Crippen LogP contribution is 2.43. The van der Waals surface area contributed by atoms with Crippen LogP contribution in [0.3, 0.4) is 0 Å². The molecule has 0 aliphatic carbocycles. The van der Waals surface area contributed by atoms with Gasteiger partial charge in [-0.2, -0.15) is 0 Å². The lowest BCUT2D eigenvalue weighted by Crippen LogP contribution is -1.85. The number of fused-ring (bicyclic) bond motifs is 12. The van der Waals surface area contributed by atoms with E-state index in [9.17, 15) is 0 Å². The molecule has 0 unspecified atom stereocenters. The van der Waals surface area contributed by atoms with Crippen LogP contribution in [0.1, 0.15) is 0 Å². The highest BCUT2D eigenvalue weighted by Gasteiger charge is 2.18. The standard InChI is InChI=1S/C42H24O2/c1-2-11-31-29(9-1)30-10-3-4-12-32(30)36-23-26(19-21-33(31)36)28-15-7-16-35-41-27(14-8-18-40(41)44-42(28)35)25-20-22-39-37(24-25)34-13-5-6-17-38(34)43-39/h1-24H. The fraction of sp³-hybridized carbons (Fsp3) is 0. The number of hydrogen-bond acceptors (Lipinski definition) is 2. The Morgan fingerprint density at radius 3 is 1.61 bits per heavy atom. The number of furan rings is 2. The first-order valence-electron chi connectivity index (χ1n) is 15.0. The van der Waals surface area contributed by atoms with Crippen molar-refractivity contribution in [3.63, 3.8) is 0 Å². The van der Waals surface area contributed by atoms with Crippen LogP contribution in [-0.4, -0.2) is 0 Å². The van der Waals surface area contributed by atoms with Crippen LogP contribution in [0.15, 0.2) is 154 Å². The van der Waals surface area contributed by atoms with Gasteiger partial charge in [0.2, 0.25) is 0 Å². The second-order valence-electron chi connectivity index (χ2n) is 11.6. The van der Waals surface area contributed by atoms with E-state index in [-0.39, 0.29) is 0 Å². The van der Waals surface area contributed by atoms with Gasteiger partial charge in [-0.3, -0.25) is 0 Å². The van der Waals surface area contributed by atoms with Crippen molar-refractivity contribution < 1.29 is 8.83 Å². The largest absolute Gasteiger partial charge is 0.456 e. The predicted molar refractivity (Wildman–Crippen MR) is 184 cm³/mol. The Balaban J connectivity index is 1.21. The van der Waals surface area contributed by atoms with E-state index in [1.165, 1.54) is 32.3 Å². The Labute approximate surface area is 252 Å². The summed E-state index contributed by atoms with van der Waals surface area (Å²) in [6.45, 7) is 0. The van der Waals surface area contributed by atoms with Crippen molar-refractivity contribution in [3.05, 3.63) is 146 Å². The molecule has 10 aromatic rings. The first kappa shape index (κ1) is 23.7. The molecule has 0 spiro atoms. The molecule has 0 saturated heterocycles. The van der Waals surface area contributed by atoms with Crippen LogP contribution < -0.4 is 0 Å². The smallest absolute Gasteiger partial charge is 0.143 e. The van der Waals surface area contributed by atoms with Crippen molar-refractivity contribution in [2.45, 2.75) is 0 Å². The van der Waals surface area contributed by atoms with Crippen molar-refractivity contribution in [1.82, 2.24) is 0 Å². The molecule has 44 heavy (non-hydrogen) atoms. The Bertz CT molecular complexity index is 2740. The van der Waals surface area contributed by atoms with Gasteiger partial charge >= 0.3 is 0 Å². The first-order valence-corrected chi connectivity index (χ1v) is 15.0. The summed E-state index contributed by atoms with van der Waals surface area (Å²) in [4.78, 5) is 0. The van der Waals surface area contributed by atoms with Gasteiger partial charge < -0.3 is 8.83 Å². The molecule has 0 radical (unpaired) electrons. The molecule has 204 valence electrons. The average Bonchev–Trinajstić information content (AvgIpc) is 3.66. The van der Waals surface area contributed by atoms with Crippen LogP contribution in [0.5, 0.6) is 0 Å². The SMILES string of the molecule is c1ccc2c(c1)oc1ccc(-c3cccc4oc5c(-c6ccc7c8ccccc8c8ccccc8c7c6)cccc5c34)cc12. The molecular weight excluding hydrogens is 536 g/mol. The zero-order chi connectivity index (χ0) is 28.8. The maximum atomic E-state index is 6.69. The minimum Gasteiger partial charge on any atom is -0.456 e. The van der Waals surface area contributed by atoms with Crippen molar-refractivity contribution in [1.29, 1.82) is 0 Å². The topological polar surface area (TPSA) is 26.3 Å². The average molecular weight is 561 g/mol. The van der Waals surface area contributed by atoms with Crippen LogP contribution in [0.4, 0.5) is 0 Å². The van der Waals surface area contributed by atoms with Gasteiger partial charge in [0.25, 0.3) is 0 Å². The quantitative estimate of drug-likeness (QED) is 0.197. The van der Waals surface area contributed by atoms with Crippen LogP contribution in [-0.2, 0) is 0 Å². The summed E-state index contributed by atoms with van der Waals surface area (Å²) in [5, 5.41) is 12.1. The molecule has 0 aliphatic rings. The molecule has 2 nitrogen and oxygen atoms in total. The van der Waals surface area contributed by atoms with E-state index >= 15 is 0 Å². The zero-order valence-electron chi connectivity index (χ0n) is 23.7. The van der Waals surface area contributed by atoms with Gasteiger partial charge in [0.05, 0.1) is 0 Å². The molecule has 10 rings (SSSR count). The number of hydrogen-bond donors (Lipinski definition) is 0. The van der Waals surface area contributed by atoms with E-state index in [2.05, 4.69) is 133 Å². The summed E-state index contributed by atoms with van der Waals surface area (Å²) < 4.78 is 12.8. The minimum absolute atomic E-state index is 0.888. The number of para-hydroxylation sites is 2. The third kappa shape index (κ3) is 3.25. The second-order valence-corrected chi connectivity index (χ2v) is 11.6. The fourth-order valence-electron chi connectivity index (χ4n) is 7.28. The van der Waals surface area contributed by atoms with Crippen molar-refractivity contribution in [2.24, 2.45) is 0 Å². The molecule has 8 aromatic carbocycles. The third-order valence-corrected chi connectivity index (χ3v) is 9.27. The molecule has 2 heteroatoms. The normalized spacial score (nSPS) is 12.1.